The number of rotatable bonds is 5. The average Bonchev–Trinajstić information content (AvgIpc) is 2.64. The first-order valence-corrected chi connectivity index (χ1v) is 8.55. The molecular weight excluding hydrogens is 380 g/mol. The minimum atomic E-state index is -0.285. The summed E-state index contributed by atoms with van der Waals surface area (Å²) in [5.74, 6) is 0.427. The molecule has 0 radical (unpaired) electrons. The average molecular weight is 397 g/mol. The number of carbonyl (C=O) groups is 1. The van der Waals surface area contributed by atoms with Gasteiger partial charge in [0.2, 0.25) is 0 Å². The molecule has 1 aromatic heterocycles. The second-order valence-electron chi connectivity index (χ2n) is 5.56. The third-order valence-electron chi connectivity index (χ3n) is 3.63. The molecule has 0 saturated carbocycles. The van der Waals surface area contributed by atoms with Gasteiger partial charge in [-0.05, 0) is 29.8 Å². The molecule has 3 rings (SSSR count). The Morgan fingerprint density at radius 1 is 1.04 bits per heavy atom. The van der Waals surface area contributed by atoms with E-state index in [0.717, 1.165) is 11.0 Å². The van der Waals surface area contributed by atoms with Crippen LogP contribution in [0.15, 0.2) is 71.5 Å². The number of amides is 1. The summed E-state index contributed by atoms with van der Waals surface area (Å²) >= 11 is 3.36. The lowest BCUT2D eigenvalue weighted by atomic mass is 10.2. The Morgan fingerprint density at radius 2 is 1.76 bits per heavy atom. The fourth-order valence-electron chi connectivity index (χ4n) is 2.30. The fourth-order valence-corrected chi connectivity index (χ4v) is 2.57. The maximum Gasteiger partial charge on any atom is 0.275 e. The van der Waals surface area contributed by atoms with Gasteiger partial charge in [0.15, 0.2) is 0 Å². The molecule has 0 spiro atoms. The molecule has 0 aliphatic carbocycles. The molecule has 0 saturated heterocycles. The molecule has 0 aliphatic rings. The summed E-state index contributed by atoms with van der Waals surface area (Å²) in [7, 11) is 1.94. The van der Waals surface area contributed by atoms with Crippen LogP contribution in [-0.2, 0) is 6.54 Å². The van der Waals surface area contributed by atoms with E-state index in [-0.39, 0.29) is 11.6 Å². The van der Waals surface area contributed by atoms with E-state index in [1.807, 2.05) is 54.4 Å². The van der Waals surface area contributed by atoms with Crippen LogP contribution < -0.4 is 10.2 Å². The normalized spacial score (nSPS) is 10.3. The Balaban J connectivity index is 1.65. The molecule has 0 bridgehead atoms. The third-order valence-corrected chi connectivity index (χ3v) is 4.16. The van der Waals surface area contributed by atoms with Crippen LogP contribution in [0.3, 0.4) is 0 Å². The fraction of sp³-hybridized carbons (Fsp3) is 0.105. The zero-order valence-corrected chi connectivity index (χ0v) is 15.3. The van der Waals surface area contributed by atoms with Crippen molar-refractivity contribution in [1.82, 2.24) is 9.97 Å². The number of nitrogens with one attached hydrogen (secondary N) is 1. The Bertz CT molecular complexity index is 836. The minimum Gasteiger partial charge on any atom is -0.354 e. The second kappa shape index (κ2) is 7.90. The van der Waals surface area contributed by atoms with Crippen LogP contribution >= 0.6 is 15.9 Å². The Kier molecular flexibility index (Phi) is 5.40. The molecule has 5 nitrogen and oxygen atoms in total. The Labute approximate surface area is 154 Å². The van der Waals surface area contributed by atoms with E-state index in [1.54, 1.807) is 6.20 Å². The van der Waals surface area contributed by atoms with Crippen LogP contribution in [0.4, 0.5) is 11.5 Å². The highest BCUT2D eigenvalue weighted by Crippen LogP contribution is 2.15. The van der Waals surface area contributed by atoms with E-state index in [1.165, 1.54) is 11.8 Å². The van der Waals surface area contributed by atoms with Gasteiger partial charge in [-0.1, -0.05) is 46.3 Å². The lowest BCUT2D eigenvalue weighted by molar-refractivity contribution is 0.102. The zero-order valence-electron chi connectivity index (χ0n) is 13.7. The number of aromatic nitrogens is 2. The van der Waals surface area contributed by atoms with Gasteiger partial charge in [0.05, 0.1) is 12.4 Å². The van der Waals surface area contributed by atoms with Crippen LogP contribution in [-0.4, -0.2) is 22.9 Å². The highest BCUT2D eigenvalue weighted by Gasteiger charge is 2.10. The maximum absolute atomic E-state index is 12.2. The van der Waals surface area contributed by atoms with Crippen LogP contribution in [0.2, 0.25) is 0 Å². The molecule has 0 unspecified atom stereocenters. The summed E-state index contributed by atoms with van der Waals surface area (Å²) in [4.78, 5) is 22.8. The standard InChI is InChI=1S/C19H17BrN4O/c1-24(13-14-5-3-2-4-6-14)18-12-21-17(11-22-18)19(25)23-16-9-7-15(20)8-10-16/h2-12H,13H2,1H3,(H,23,25). The van der Waals surface area contributed by atoms with Crippen LogP contribution in [0.5, 0.6) is 0 Å². The van der Waals surface area contributed by atoms with Crippen molar-refractivity contribution in [3.63, 3.8) is 0 Å². The van der Waals surface area contributed by atoms with Gasteiger partial charge in [0.25, 0.3) is 5.91 Å². The van der Waals surface area contributed by atoms with E-state index < -0.39 is 0 Å². The second-order valence-corrected chi connectivity index (χ2v) is 6.48. The largest absolute Gasteiger partial charge is 0.354 e. The van der Waals surface area contributed by atoms with E-state index >= 15 is 0 Å². The molecule has 6 heteroatoms. The molecule has 1 amide bonds. The maximum atomic E-state index is 12.2. The number of nitrogens with zero attached hydrogens (tertiary/aromatic N) is 3. The van der Waals surface area contributed by atoms with Gasteiger partial charge >= 0.3 is 0 Å². The molecule has 2 aromatic carbocycles. The molecular formula is C19H17BrN4O. The summed E-state index contributed by atoms with van der Waals surface area (Å²) in [6.45, 7) is 0.722. The van der Waals surface area contributed by atoms with E-state index in [9.17, 15) is 4.79 Å². The lowest BCUT2D eigenvalue weighted by Crippen LogP contribution is -2.19. The molecule has 126 valence electrons. The predicted octanol–water partition coefficient (Wildman–Crippen LogP) is 4.13. The smallest absolute Gasteiger partial charge is 0.275 e. The summed E-state index contributed by atoms with van der Waals surface area (Å²) in [6, 6.07) is 17.5. The first-order valence-electron chi connectivity index (χ1n) is 7.76. The molecule has 0 atom stereocenters. The van der Waals surface area contributed by atoms with Gasteiger partial charge in [-0.2, -0.15) is 0 Å². The SMILES string of the molecule is CN(Cc1ccccc1)c1cnc(C(=O)Nc2ccc(Br)cc2)cn1. The summed E-state index contributed by atoms with van der Waals surface area (Å²) < 4.78 is 0.955. The molecule has 25 heavy (non-hydrogen) atoms. The number of carbonyl (C=O) groups excluding carboxylic acids is 1. The summed E-state index contributed by atoms with van der Waals surface area (Å²) in [5.41, 5.74) is 2.17. The van der Waals surface area contributed by atoms with Crippen LogP contribution in [0.1, 0.15) is 16.1 Å². The first kappa shape index (κ1) is 17.1. The number of hydrogen-bond acceptors (Lipinski definition) is 4. The topological polar surface area (TPSA) is 58.1 Å². The van der Waals surface area contributed by atoms with Gasteiger partial charge in [0.1, 0.15) is 11.5 Å². The molecule has 1 N–H and O–H groups in total. The van der Waals surface area contributed by atoms with Crippen molar-refractivity contribution in [2.24, 2.45) is 0 Å². The van der Waals surface area contributed by atoms with Crippen LogP contribution in [0.25, 0.3) is 0 Å². The first-order chi connectivity index (χ1) is 12.1. The van der Waals surface area contributed by atoms with Gasteiger partial charge in [0, 0.05) is 23.8 Å². The van der Waals surface area contributed by atoms with Crippen molar-refractivity contribution < 1.29 is 4.79 Å². The van der Waals surface area contributed by atoms with Crippen molar-refractivity contribution in [2.45, 2.75) is 6.54 Å². The number of halogens is 1. The van der Waals surface area contributed by atoms with E-state index in [2.05, 4.69) is 43.3 Å². The predicted molar refractivity (Wildman–Crippen MR) is 103 cm³/mol. The monoisotopic (exact) mass is 396 g/mol. The van der Waals surface area contributed by atoms with Gasteiger partial charge in [-0.3, -0.25) is 4.79 Å². The van der Waals surface area contributed by atoms with Crippen molar-refractivity contribution in [3.05, 3.63) is 82.7 Å². The van der Waals surface area contributed by atoms with Gasteiger partial charge < -0.3 is 10.2 Å². The summed E-state index contributed by atoms with van der Waals surface area (Å²) in [6.07, 6.45) is 3.10. The number of hydrogen-bond donors (Lipinski definition) is 1. The van der Waals surface area contributed by atoms with E-state index in [0.29, 0.717) is 11.5 Å². The highest BCUT2D eigenvalue weighted by molar-refractivity contribution is 9.10. The van der Waals surface area contributed by atoms with Crippen molar-refractivity contribution in [3.8, 4) is 0 Å². The number of benzene rings is 2. The molecule has 0 aliphatic heterocycles. The van der Waals surface area contributed by atoms with E-state index in [4.69, 9.17) is 0 Å². The molecule has 1 heterocycles. The zero-order chi connectivity index (χ0) is 17.6. The van der Waals surface area contributed by atoms with Crippen LogP contribution in [0, 0.1) is 0 Å². The third kappa shape index (κ3) is 4.64. The van der Waals surface area contributed by atoms with Crippen molar-refractivity contribution in [1.29, 1.82) is 0 Å². The van der Waals surface area contributed by atoms with Crippen molar-refractivity contribution >= 4 is 33.3 Å². The van der Waals surface area contributed by atoms with Gasteiger partial charge in [-0.15, -0.1) is 0 Å². The minimum absolute atomic E-state index is 0.278. The van der Waals surface area contributed by atoms with Gasteiger partial charge in [-0.25, -0.2) is 9.97 Å². The lowest BCUT2D eigenvalue weighted by Gasteiger charge is -2.17. The Morgan fingerprint density at radius 3 is 2.40 bits per heavy atom. The van der Waals surface area contributed by atoms with Crippen molar-refractivity contribution in [2.75, 3.05) is 17.3 Å². The highest BCUT2D eigenvalue weighted by atomic mass is 79.9. The number of anilines is 2. The summed E-state index contributed by atoms with van der Waals surface area (Å²) in [5, 5.41) is 2.80. The molecule has 0 fully saturated rings. The Hall–Kier alpha value is -2.73. The molecule has 3 aromatic rings. The quantitative estimate of drug-likeness (QED) is 0.704.